The number of imide groups is 2. The van der Waals surface area contributed by atoms with Crippen molar-refractivity contribution in [3.63, 3.8) is 0 Å². The lowest BCUT2D eigenvalue weighted by Gasteiger charge is -2.37. The van der Waals surface area contributed by atoms with E-state index in [-0.39, 0.29) is 24.0 Å². The molecule has 0 spiro atoms. The van der Waals surface area contributed by atoms with Gasteiger partial charge in [0.2, 0.25) is 17.8 Å². The monoisotopic (exact) mass is 684 g/mol. The summed E-state index contributed by atoms with van der Waals surface area (Å²) in [5.41, 5.74) is 7.36. The van der Waals surface area contributed by atoms with Crippen molar-refractivity contribution in [3.8, 4) is 0 Å². The van der Waals surface area contributed by atoms with Crippen LogP contribution in [0.3, 0.4) is 0 Å². The normalized spacial score (nSPS) is 17.6. The molecule has 8 rings (SSSR count). The van der Waals surface area contributed by atoms with Crippen LogP contribution in [0.5, 0.6) is 0 Å². The van der Waals surface area contributed by atoms with Gasteiger partial charge in [-0.25, -0.2) is 9.67 Å². The zero-order valence-electron chi connectivity index (χ0n) is 28.4. The van der Waals surface area contributed by atoms with Crippen LogP contribution in [0.25, 0.3) is 11.0 Å². The molecule has 3 aliphatic heterocycles. The number of hydrogen-bond acceptors (Lipinski definition) is 11. The van der Waals surface area contributed by atoms with Crippen molar-refractivity contribution in [1.29, 1.82) is 0 Å². The first-order valence-corrected chi connectivity index (χ1v) is 16.9. The predicted molar refractivity (Wildman–Crippen MR) is 193 cm³/mol. The maximum absolute atomic E-state index is 13.3. The summed E-state index contributed by atoms with van der Waals surface area (Å²) in [6, 6.07) is 18.6. The number of carbonyl (C=O) groups excluding carboxylic acids is 4. The molecule has 2 aromatic heterocycles. The van der Waals surface area contributed by atoms with Crippen molar-refractivity contribution < 1.29 is 19.2 Å². The molecule has 5 heterocycles. The minimum absolute atomic E-state index is 0.0869. The van der Waals surface area contributed by atoms with Gasteiger partial charge in [0.25, 0.3) is 11.8 Å². The number of aryl methyl sites for hydroxylation is 3. The first-order chi connectivity index (χ1) is 24.6. The summed E-state index contributed by atoms with van der Waals surface area (Å²) in [7, 11) is 1.87. The molecule has 3 aromatic carbocycles. The molecule has 3 N–H and O–H groups in total. The molecule has 51 heavy (non-hydrogen) atoms. The van der Waals surface area contributed by atoms with Gasteiger partial charge < -0.3 is 20.4 Å². The van der Waals surface area contributed by atoms with E-state index in [9.17, 15) is 19.2 Å². The van der Waals surface area contributed by atoms with E-state index in [0.29, 0.717) is 17.4 Å². The lowest BCUT2D eigenvalue weighted by atomic mass is 10.0. The highest BCUT2D eigenvalue weighted by molar-refractivity contribution is 6.23. The molecule has 258 valence electrons. The fraction of sp³-hybridized carbons (Fsp3) is 0.270. The van der Waals surface area contributed by atoms with E-state index < -0.39 is 29.7 Å². The van der Waals surface area contributed by atoms with Crippen LogP contribution in [0.15, 0.2) is 66.9 Å². The maximum Gasteiger partial charge on any atom is 0.262 e. The van der Waals surface area contributed by atoms with E-state index in [0.717, 1.165) is 70.3 Å². The van der Waals surface area contributed by atoms with Crippen molar-refractivity contribution in [2.45, 2.75) is 32.7 Å². The second-order valence-electron chi connectivity index (χ2n) is 13.1. The SMILES string of the molecule is Cc1cccc(C)c1Nc1nn(C)c2nc(Nc3ccc(N4CCN(c5ccc6c(c5)C(=O)N(C5CCC(=O)NC5=O)C6=O)CC4)cc3)ncc12. The Morgan fingerprint density at radius 3 is 2.18 bits per heavy atom. The molecule has 0 bridgehead atoms. The third kappa shape index (κ3) is 5.77. The predicted octanol–water partition coefficient (Wildman–Crippen LogP) is 4.20. The number of nitrogens with one attached hydrogen (secondary N) is 3. The largest absolute Gasteiger partial charge is 0.368 e. The average molecular weight is 685 g/mol. The molecule has 3 aliphatic rings. The standard InChI is InChI=1S/C37H36N10O4/c1-21-5-4-6-22(2)31(21)41-32-28-20-38-37(42-33(28)44(3)43-32)39-23-7-9-24(10-8-23)45-15-17-46(18-16-45)25-11-12-26-27(19-25)36(51)47(35(26)50)29-13-14-30(48)40-34(29)49/h4-12,19-20,29H,13-18H2,1-3H3,(H,41,43)(H,38,39,42)(H,40,48,49). The van der Waals surface area contributed by atoms with Crippen molar-refractivity contribution in [2.24, 2.45) is 7.05 Å². The van der Waals surface area contributed by atoms with Crippen molar-refractivity contribution in [1.82, 2.24) is 30.0 Å². The van der Waals surface area contributed by atoms with Crippen LogP contribution in [0.2, 0.25) is 0 Å². The maximum atomic E-state index is 13.3. The number of nitrogens with zero attached hydrogens (tertiary/aromatic N) is 7. The number of rotatable bonds is 7. The topological polar surface area (TPSA) is 158 Å². The van der Waals surface area contributed by atoms with Gasteiger partial charge in [-0.05, 0) is 73.9 Å². The first-order valence-electron chi connectivity index (χ1n) is 16.9. The minimum Gasteiger partial charge on any atom is -0.368 e. The fourth-order valence-corrected chi connectivity index (χ4v) is 7.08. The van der Waals surface area contributed by atoms with Crippen LogP contribution >= 0.6 is 0 Å². The summed E-state index contributed by atoms with van der Waals surface area (Å²) in [4.78, 5) is 65.2. The van der Waals surface area contributed by atoms with E-state index in [1.165, 1.54) is 0 Å². The number of amides is 4. The Balaban J connectivity index is 0.899. The molecule has 14 heteroatoms. The highest BCUT2D eigenvalue weighted by atomic mass is 16.2. The van der Waals surface area contributed by atoms with Gasteiger partial charge in [0.15, 0.2) is 11.5 Å². The summed E-state index contributed by atoms with van der Waals surface area (Å²) in [5.74, 6) is -0.835. The molecule has 2 saturated heterocycles. The Morgan fingerprint density at radius 2 is 1.47 bits per heavy atom. The Kier molecular flexibility index (Phi) is 7.85. The van der Waals surface area contributed by atoms with Crippen LogP contribution in [0.4, 0.5) is 34.5 Å². The molecule has 14 nitrogen and oxygen atoms in total. The minimum atomic E-state index is -0.981. The molecule has 1 unspecified atom stereocenters. The summed E-state index contributed by atoms with van der Waals surface area (Å²) in [6.07, 6.45) is 2.00. The molecule has 0 radical (unpaired) electrons. The molecule has 0 aliphatic carbocycles. The zero-order chi connectivity index (χ0) is 35.4. The summed E-state index contributed by atoms with van der Waals surface area (Å²) in [5, 5.41) is 14.5. The van der Waals surface area contributed by atoms with Gasteiger partial charge in [-0.15, -0.1) is 0 Å². The first kappa shape index (κ1) is 31.9. The summed E-state index contributed by atoms with van der Waals surface area (Å²) >= 11 is 0. The molecular weight excluding hydrogens is 648 g/mol. The quantitative estimate of drug-likeness (QED) is 0.211. The molecule has 0 saturated carbocycles. The second-order valence-corrected chi connectivity index (χ2v) is 13.1. The Morgan fingerprint density at radius 1 is 0.804 bits per heavy atom. The van der Waals surface area contributed by atoms with Gasteiger partial charge in [-0.1, -0.05) is 18.2 Å². The van der Waals surface area contributed by atoms with Crippen LogP contribution in [-0.4, -0.2) is 80.5 Å². The van der Waals surface area contributed by atoms with E-state index >= 15 is 0 Å². The fourth-order valence-electron chi connectivity index (χ4n) is 7.08. The lowest BCUT2D eigenvalue weighted by molar-refractivity contribution is -0.136. The molecule has 1 atom stereocenters. The molecule has 5 aromatic rings. The van der Waals surface area contributed by atoms with E-state index in [1.807, 2.05) is 31.3 Å². The van der Waals surface area contributed by atoms with E-state index in [2.05, 4.69) is 73.9 Å². The van der Waals surface area contributed by atoms with Gasteiger partial charge in [-0.2, -0.15) is 10.1 Å². The highest BCUT2D eigenvalue weighted by Gasteiger charge is 2.44. The van der Waals surface area contributed by atoms with Crippen molar-refractivity contribution in [3.05, 3.63) is 89.1 Å². The number of benzene rings is 3. The van der Waals surface area contributed by atoms with Crippen molar-refractivity contribution >= 4 is 69.2 Å². The number of piperazine rings is 1. The number of hydrogen-bond donors (Lipinski definition) is 3. The van der Waals surface area contributed by atoms with Crippen LogP contribution in [0, 0.1) is 13.8 Å². The van der Waals surface area contributed by atoms with Crippen molar-refractivity contribution in [2.75, 3.05) is 46.6 Å². The Labute approximate surface area is 293 Å². The van der Waals surface area contributed by atoms with Gasteiger partial charge >= 0.3 is 0 Å². The third-order valence-electron chi connectivity index (χ3n) is 9.86. The molecular formula is C37H36N10O4. The lowest BCUT2D eigenvalue weighted by Crippen LogP contribution is -2.54. The molecule has 2 fully saturated rings. The average Bonchev–Trinajstić information content (AvgIpc) is 3.57. The summed E-state index contributed by atoms with van der Waals surface area (Å²) < 4.78 is 1.75. The second kappa shape index (κ2) is 12.5. The summed E-state index contributed by atoms with van der Waals surface area (Å²) in [6.45, 7) is 7.09. The number of piperidine rings is 1. The number of para-hydroxylation sites is 1. The van der Waals surface area contributed by atoms with Crippen LogP contribution < -0.4 is 25.8 Å². The number of aromatic nitrogens is 4. The number of carbonyl (C=O) groups is 4. The Hall–Kier alpha value is -6.31. The van der Waals surface area contributed by atoms with Gasteiger partial charge in [0.1, 0.15) is 6.04 Å². The Bertz CT molecular complexity index is 2220. The number of fused-ring (bicyclic) bond motifs is 2. The molecule has 4 amide bonds. The van der Waals surface area contributed by atoms with Gasteiger partial charge in [0, 0.05) is 68.6 Å². The number of anilines is 6. The zero-order valence-corrected chi connectivity index (χ0v) is 28.4. The smallest absolute Gasteiger partial charge is 0.262 e. The van der Waals surface area contributed by atoms with Gasteiger partial charge in [0.05, 0.1) is 16.5 Å². The van der Waals surface area contributed by atoms with E-state index in [4.69, 9.17) is 4.98 Å². The van der Waals surface area contributed by atoms with E-state index in [1.54, 1.807) is 23.0 Å². The highest BCUT2D eigenvalue weighted by Crippen LogP contribution is 2.32. The van der Waals surface area contributed by atoms with Gasteiger partial charge in [-0.3, -0.25) is 29.4 Å². The van der Waals surface area contributed by atoms with Crippen LogP contribution in [-0.2, 0) is 16.6 Å². The van der Waals surface area contributed by atoms with Crippen LogP contribution in [0.1, 0.15) is 44.7 Å². The third-order valence-corrected chi connectivity index (χ3v) is 9.86.